The number of carbonyl (C=O) groups excluding carboxylic acids is 3. The lowest BCUT2D eigenvalue weighted by Gasteiger charge is -2.31. The number of benzene rings is 2. The molecule has 1 aliphatic carbocycles. The molecule has 1 heterocycles. The average Bonchev–Trinajstić information content (AvgIpc) is 3.09. The molecular weight excluding hydrogens is 490 g/mol. The van der Waals surface area contributed by atoms with Crippen LogP contribution in [0.5, 0.6) is 0 Å². The van der Waals surface area contributed by atoms with Gasteiger partial charge in [0.2, 0.25) is 11.8 Å². The number of aryl methyl sites for hydroxylation is 1. The molecule has 8 nitrogen and oxygen atoms in total. The summed E-state index contributed by atoms with van der Waals surface area (Å²) < 4.78 is 26.5. The number of fused-ring (bicyclic) bond motifs is 1. The van der Waals surface area contributed by atoms with E-state index in [4.69, 9.17) is 0 Å². The number of rotatable bonds is 9. The predicted molar refractivity (Wildman–Crippen MR) is 140 cm³/mol. The zero-order valence-corrected chi connectivity index (χ0v) is 22.3. The Morgan fingerprint density at radius 3 is 2.43 bits per heavy atom. The molecule has 0 saturated heterocycles. The Kier molecular flexibility index (Phi) is 8.32. The molecule has 3 amide bonds. The van der Waals surface area contributed by atoms with Crippen LogP contribution in [0.1, 0.15) is 73.4 Å². The predicted octanol–water partition coefficient (Wildman–Crippen LogP) is 3.79. The minimum atomic E-state index is -3.92. The number of hydrogen-bond acceptors (Lipinski definition) is 5. The fraction of sp³-hybridized carbons (Fsp3) is 0.464. The number of sulfonamides is 1. The summed E-state index contributed by atoms with van der Waals surface area (Å²) in [5.41, 5.74) is 2.12. The van der Waals surface area contributed by atoms with Crippen LogP contribution in [0.15, 0.2) is 53.4 Å². The Balaban J connectivity index is 1.44. The molecule has 2 aliphatic rings. The largest absolute Gasteiger partial charge is 0.352 e. The smallest absolute Gasteiger partial charge is 0.269 e. The molecule has 1 saturated carbocycles. The summed E-state index contributed by atoms with van der Waals surface area (Å²) in [5.74, 6) is -1.00. The Morgan fingerprint density at radius 1 is 1.05 bits per heavy atom. The maximum atomic E-state index is 13.4. The van der Waals surface area contributed by atoms with Crippen LogP contribution in [0.2, 0.25) is 0 Å². The minimum Gasteiger partial charge on any atom is -0.352 e. The molecule has 1 aliphatic heterocycles. The van der Waals surface area contributed by atoms with E-state index in [1.54, 1.807) is 24.0 Å². The second-order valence-electron chi connectivity index (χ2n) is 9.95. The summed E-state index contributed by atoms with van der Waals surface area (Å²) in [6, 6.07) is 13.3. The van der Waals surface area contributed by atoms with Crippen molar-refractivity contribution in [2.45, 2.75) is 82.3 Å². The highest BCUT2D eigenvalue weighted by atomic mass is 32.2. The van der Waals surface area contributed by atoms with Gasteiger partial charge >= 0.3 is 0 Å². The summed E-state index contributed by atoms with van der Waals surface area (Å²) in [4.78, 5) is 40.8. The molecule has 4 rings (SSSR count). The van der Waals surface area contributed by atoms with E-state index in [-0.39, 0.29) is 54.2 Å². The molecule has 0 spiro atoms. The molecule has 37 heavy (non-hydrogen) atoms. The Hall–Kier alpha value is -3.20. The highest BCUT2D eigenvalue weighted by Crippen LogP contribution is 2.30. The third kappa shape index (κ3) is 5.87. The molecule has 2 aromatic rings. The summed E-state index contributed by atoms with van der Waals surface area (Å²) in [5, 5.41) is 3.12. The van der Waals surface area contributed by atoms with E-state index in [0.29, 0.717) is 0 Å². The first-order valence-corrected chi connectivity index (χ1v) is 14.4. The number of nitrogens with zero attached hydrogens (tertiary/aromatic N) is 2. The van der Waals surface area contributed by atoms with Gasteiger partial charge in [-0.25, -0.2) is 12.7 Å². The molecular formula is C28H35N3O5S. The lowest BCUT2D eigenvalue weighted by molar-refractivity contribution is -0.141. The Bertz CT molecular complexity index is 1270. The molecule has 198 valence electrons. The van der Waals surface area contributed by atoms with Gasteiger partial charge in [0, 0.05) is 25.6 Å². The van der Waals surface area contributed by atoms with Crippen molar-refractivity contribution in [3.05, 3.63) is 65.2 Å². The van der Waals surface area contributed by atoms with Crippen LogP contribution in [0.25, 0.3) is 0 Å². The van der Waals surface area contributed by atoms with Crippen molar-refractivity contribution in [2.75, 3.05) is 6.54 Å². The molecule has 0 bridgehead atoms. The molecule has 1 unspecified atom stereocenters. The summed E-state index contributed by atoms with van der Waals surface area (Å²) >= 11 is 0. The van der Waals surface area contributed by atoms with E-state index in [0.717, 1.165) is 41.1 Å². The lowest BCUT2D eigenvalue weighted by Crippen LogP contribution is -2.50. The Labute approximate surface area is 219 Å². The average molecular weight is 526 g/mol. The van der Waals surface area contributed by atoms with E-state index in [1.807, 2.05) is 31.2 Å². The van der Waals surface area contributed by atoms with Crippen LogP contribution in [-0.4, -0.2) is 54.0 Å². The van der Waals surface area contributed by atoms with E-state index < -0.39 is 22.0 Å². The van der Waals surface area contributed by atoms with Gasteiger partial charge in [0.1, 0.15) is 10.9 Å². The van der Waals surface area contributed by atoms with Gasteiger partial charge in [-0.3, -0.25) is 14.4 Å². The van der Waals surface area contributed by atoms with Crippen LogP contribution < -0.4 is 5.32 Å². The van der Waals surface area contributed by atoms with Gasteiger partial charge in [-0.2, -0.15) is 0 Å². The first-order valence-electron chi connectivity index (χ1n) is 13.0. The number of nitrogens with one attached hydrogen (secondary N) is 1. The van der Waals surface area contributed by atoms with Crippen molar-refractivity contribution in [1.29, 1.82) is 0 Å². The van der Waals surface area contributed by atoms with E-state index in [9.17, 15) is 22.8 Å². The van der Waals surface area contributed by atoms with Gasteiger partial charge in [0.25, 0.3) is 15.9 Å². The first kappa shape index (κ1) is 26.9. The van der Waals surface area contributed by atoms with Crippen LogP contribution in [0, 0.1) is 6.92 Å². The van der Waals surface area contributed by atoms with Gasteiger partial charge < -0.3 is 10.2 Å². The molecule has 9 heteroatoms. The van der Waals surface area contributed by atoms with Crippen LogP contribution in [0.3, 0.4) is 0 Å². The van der Waals surface area contributed by atoms with Crippen molar-refractivity contribution >= 4 is 27.7 Å². The summed E-state index contributed by atoms with van der Waals surface area (Å²) in [6.45, 7) is 3.88. The van der Waals surface area contributed by atoms with Crippen molar-refractivity contribution in [3.8, 4) is 0 Å². The quantitative estimate of drug-likeness (QED) is 0.537. The number of hydrogen-bond donors (Lipinski definition) is 1. The van der Waals surface area contributed by atoms with E-state index in [2.05, 4.69) is 5.32 Å². The van der Waals surface area contributed by atoms with Crippen molar-refractivity contribution in [1.82, 2.24) is 14.5 Å². The van der Waals surface area contributed by atoms with Gasteiger partial charge in [-0.05, 0) is 56.4 Å². The first-order chi connectivity index (χ1) is 17.7. The second kappa shape index (κ2) is 11.5. The van der Waals surface area contributed by atoms with Crippen molar-refractivity contribution in [2.24, 2.45) is 0 Å². The maximum Gasteiger partial charge on any atom is 0.269 e. The topological polar surface area (TPSA) is 104 Å². The third-order valence-corrected chi connectivity index (χ3v) is 9.23. The summed E-state index contributed by atoms with van der Waals surface area (Å²) in [6.07, 6.45) is 5.44. The van der Waals surface area contributed by atoms with Crippen LogP contribution in [-0.2, 0) is 26.2 Å². The standard InChI is InChI=1S/C28H35N3O5S/c1-20-11-6-7-12-22(20)19-30(21(2)27(33)29-23-13-4-3-5-14-23)26(32)17-10-18-31-28(34)24-15-8-9-16-25(24)37(31,35)36/h6-9,11-12,15-16,21,23H,3-5,10,13-14,17-19H2,1-2H3,(H,29,33). The monoisotopic (exact) mass is 525 g/mol. The van der Waals surface area contributed by atoms with Gasteiger partial charge in [-0.1, -0.05) is 55.7 Å². The molecule has 1 atom stereocenters. The SMILES string of the molecule is Cc1ccccc1CN(C(=O)CCCN1C(=O)c2ccccc2S1(=O)=O)C(C)C(=O)NC1CCCCC1. The normalized spacial score (nSPS) is 17.8. The molecule has 0 aromatic heterocycles. The fourth-order valence-electron chi connectivity index (χ4n) is 5.09. The van der Waals surface area contributed by atoms with E-state index in [1.165, 1.54) is 18.6 Å². The molecule has 2 aromatic carbocycles. The van der Waals surface area contributed by atoms with Gasteiger partial charge in [0.05, 0.1) is 5.56 Å². The number of amides is 3. The maximum absolute atomic E-state index is 13.4. The Morgan fingerprint density at radius 2 is 1.73 bits per heavy atom. The van der Waals surface area contributed by atoms with Crippen molar-refractivity contribution in [3.63, 3.8) is 0 Å². The highest BCUT2D eigenvalue weighted by Gasteiger charge is 2.40. The van der Waals surface area contributed by atoms with Gasteiger partial charge in [-0.15, -0.1) is 0 Å². The number of carbonyl (C=O) groups is 3. The molecule has 1 fully saturated rings. The minimum absolute atomic E-state index is 0.000474. The molecule has 1 N–H and O–H groups in total. The van der Waals surface area contributed by atoms with E-state index >= 15 is 0 Å². The third-order valence-electron chi connectivity index (χ3n) is 7.38. The fourth-order valence-corrected chi connectivity index (χ4v) is 6.70. The van der Waals surface area contributed by atoms with Crippen molar-refractivity contribution < 1.29 is 22.8 Å². The highest BCUT2D eigenvalue weighted by molar-refractivity contribution is 7.90. The zero-order chi connectivity index (χ0) is 26.6. The van der Waals surface area contributed by atoms with Crippen LogP contribution >= 0.6 is 0 Å². The zero-order valence-electron chi connectivity index (χ0n) is 21.5. The molecule has 0 radical (unpaired) electrons. The van der Waals surface area contributed by atoms with Gasteiger partial charge in [0.15, 0.2) is 0 Å². The van der Waals surface area contributed by atoms with Crippen LogP contribution in [0.4, 0.5) is 0 Å². The second-order valence-corrected chi connectivity index (χ2v) is 11.8. The summed E-state index contributed by atoms with van der Waals surface area (Å²) in [7, 11) is -3.92. The lowest BCUT2D eigenvalue weighted by atomic mass is 9.95.